The highest BCUT2D eigenvalue weighted by atomic mass is 16.6. The fraction of sp³-hybridized carbons (Fsp3) is 0.857. The molecule has 0 aliphatic heterocycles. The van der Waals surface area contributed by atoms with Crippen molar-refractivity contribution in [1.29, 1.82) is 0 Å². The van der Waals surface area contributed by atoms with Crippen molar-refractivity contribution in [2.45, 2.75) is 412 Å². The summed E-state index contributed by atoms with van der Waals surface area (Å²) in [5.74, 6) is -0.836. The molecule has 0 fully saturated rings. The Morgan fingerprint density at radius 2 is 0.470 bits per heavy atom. The number of carbonyl (C=O) groups excluding carboxylic acids is 3. The van der Waals surface area contributed by atoms with Gasteiger partial charge in [0.15, 0.2) is 6.10 Å². The Bertz CT molecular complexity index is 1430. The summed E-state index contributed by atoms with van der Waals surface area (Å²) in [6.07, 6.45) is 91.5. The lowest BCUT2D eigenvalue weighted by Crippen LogP contribution is -2.30. The molecular formula is C77H142O6. The standard InChI is InChI=1S/C77H142O6/c1-4-7-10-13-16-19-22-25-28-30-32-34-36-38-40-42-44-46-49-52-55-58-61-64-67-70-76(79)82-73-74(72-81-75(78)69-66-63-60-57-54-51-48-27-24-21-18-15-12-9-6-3)83-77(80)71-68-65-62-59-56-53-50-47-45-43-41-39-37-35-33-31-29-26-23-20-17-14-11-8-5-2/h7,10,16,19,25,28,32,34,74H,4-6,8-9,11-15,17-18,20-24,26-27,29-31,33,35-73H2,1-3H3/b10-7-,19-16-,28-25-,34-32-. The maximum atomic E-state index is 13.0. The van der Waals surface area contributed by atoms with Crippen LogP contribution in [0.5, 0.6) is 0 Å². The first-order valence-electron chi connectivity index (χ1n) is 37.1. The summed E-state index contributed by atoms with van der Waals surface area (Å²) >= 11 is 0. The number of esters is 3. The molecule has 0 rings (SSSR count). The normalized spacial score (nSPS) is 12.3. The molecule has 0 saturated heterocycles. The minimum Gasteiger partial charge on any atom is -0.462 e. The molecule has 0 aliphatic rings. The summed E-state index contributed by atoms with van der Waals surface area (Å²) in [4.78, 5) is 38.5. The van der Waals surface area contributed by atoms with Gasteiger partial charge in [-0.25, -0.2) is 0 Å². The maximum Gasteiger partial charge on any atom is 0.306 e. The van der Waals surface area contributed by atoms with E-state index in [1.54, 1.807) is 0 Å². The zero-order valence-corrected chi connectivity index (χ0v) is 56.0. The zero-order chi connectivity index (χ0) is 59.9. The van der Waals surface area contributed by atoms with Gasteiger partial charge in [-0.1, -0.05) is 378 Å². The summed E-state index contributed by atoms with van der Waals surface area (Å²) in [5, 5.41) is 0. The first-order chi connectivity index (χ1) is 41.0. The summed E-state index contributed by atoms with van der Waals surface area (Å²) in [5.41, 5.74) is 0. The topological polar surface area (TPSA) is 78.9 Å². The van der Waals surface area contributed by atoms with Crippen LogP contribution in [0.25, 0.3) is 0 Å². The Morgan fingerprint density at radius 3 is 0.735 bits per heavy atom. The van der Waals surface area contributed by atoms with Crippen molar-refractivity contribution in [3.8, 4) is 0 Å². The molecule has 0 N–H and O–H groups in total. The number of allylic oxidation sites excluding steroid dienone is 8. The number of unbranched alkanes of at least 4 members (excludes halogenated alkanes) is 50. The lowest BCUT2D eigenvalue weighted by molar-refractivity contribution is -0.167. The Kier molecular flexibility index (Phi) is 69.6. The average molecular weight is 1160 g/mol. The van der Waals surface area contributed by atoms with Crippen LogP contribution >= 0.6 is 0 Å². The highest BCUT2D eigenvalue weighted by molar-refractivity contribution is 5.71. The average Bonchev–Trinajstić information content (AvgIpc) is 3.49. The molecule has 0 radical (unpaired) electrons. The number of hydrogen-bond acceptors (Lipinski definition) is 6. The quantitative estimate of drug-likeness (QED) is 0.0261. The first kappa shape index (κ1) is 80.4. The molecule has 0 heterocycles. The van der Waals surface area contributed by atoms with Crippen LogP contribution in [0.3, 0.4) is 0 Å². The molecule has 0 bridgehead atoms. The molecule has 0 aliphatic carbocycles. The van der Waals surface area contributed by atoms with Crippen LogP contribution in [-0.4, -0.2) is 37.2 Å². The van der Waals surface area contributed by atoms with Gasteiger partial charge >= 0.3 is 17.9 Å². The van der Waals surface area contributed by atoms with Crippen LogP contribution in [-0.2, 0) is 28.6 Å². The van der Waals surface area contributed by atoms with E-state index in [4.69, 9.17) is 14.2 Å². The monoisotopic (exact) mass is 1160 g/mol. The van der Waals surface area contributed by atoms with Gasteiger partial charge in [0.1, 0.15) is 13.2 Å². The minimum absolute atomic E-state index is 0.0667. The molecule has 0 aromatic heterocycles. The Hall–Kier alpha value is -2.63. The lowest BCUT2D eigenvalue weighted by Gasteiger charge is -2.18. The number of hydrogen-bond donors (Lipinski definition) is 0. The molecule has 0 saturated carbocycles. The van der Waals surface area contributed by atoms with E-state index in [1.165, 1.54) is 283 Å². The molecule has 486 valence electrons. The van der Waals surface area contributed by atoms with Gasteiger partial charge in [-0.2, -0.15) is 0 Å². The van der Waals surface area contributed by atoms with Crippen LogP contribution in [0.1, 0.15) is 406 Å². The largest absolute Gasteiger partial charge is 0.462 e. The predicted octanol–water partition coefficient (Wildman–Crippen LogP) is 25.7. The Labute approximate surface area is 518 Å². The summed E-state index contributed by atoms with van der Waals surface area (Å²) in [6.45, 7) is 6.61. The molecular weight excluding hydrogens is 1020 g/mol. The Balaban J connectivity index is 4.25. The Morgan fingerprint density at radius 1 is 0.253 bits per heavy atom. The van der Waals surface area contributed by atoms with Crippen LogP contribution in [0.15, 0.2) is 48.6 Å². The summed E-state index contributed by atoms with van der Waals surface area (Å²) in [7, 11) is 0. The van der Waals surface area contributed by atoms with Gasteiger partial charge in [-0.3, -0.25) is 14.4 Å². The molecule has 1 atom stereocenters. The van der Waals surface area contributed by atoms with Gasteiger partial charge in [0, 0.05) is 19.3 Å². The molecule has 6 heteroatoms. The first-order valence-corrected chi connectivity index (χ1v) is 37.1. The van der Waals surface area contributed by atoms with Crippen molar-refractivity contribution in [3.63, 3.8) is 0 Å². The minimum atomic E-state index is -0.772. The van der Waals surface area contributed by atoms with Gasteiger partial charge in [0.05, 0.1) is 0 Å². The van der Waals surface area contributed by atoms with Crippen molar-refractivity contribution in [1.82, 2.24) is 0 Å². The second-order valence-corrected chi connectivity index (χ2v) is 25.2. The zero-order valence-electron chi connectivity index (χ0n) is 56.0. The highest BCUT2D eigenvalue weighted by Crippen LogP contribution is 2.19. The fourth-order valence-corrected chi connectivity index (χ4v) is 11.3. The van der Waals surface area contributed by atoms with Gasteiger partial charge in [0.25, 0.3) is 0 Å². The molecule has 1 unspecified atom stereocenters. The fourth-order valence-electron chi connectivity index (χ4n) is 11.3. The van der Waals surface area contributed by atoms with Crippen LogP contribution in [0.4, 0.5) is 0 Å². The van der Waals surface area contributed by atoms with E-state index in [2.05, 4.69) is 69.4 Å². The van der Waals surface area contributed by atoms with E-state index in [-0.39, 0.29) is 31.1 Å². The van der Waals surface area contributed by atoms with Crippen molar-refractivity contribution < 1.29 is 28.6 Å². The van der Waals surface area contributed by atoms with E-state index < -0.39 is 6.10 Å². The van der Waals surface area contributed by atoms with Crippen molar-refractivity contribution >= 4 is 17.9 Å². The van der Waals surface area contributed by atoms with Crippen molar-refractivity contribution in [2.75, 3.05) is 13.2 Å². The summed E-state index contributed by atoms with van der Waals surface area (Å²) < 4.78 is 17.0. The van der Waals surface area contributed by atoms with Crippen LogP contribution in [0.2, 0.25) is 0 Å². The second kappa shape index (κ2) is 71.8. The van der Waals surface area contributed by atoms with Gasteiger partial charge < -0.3 is 14.2 Å². The molecule has 6 nitrogen and oxygen atoms in total. The third kappa shape index (κ3) is 70.0. The van der Waals surface area contributed by atoms with E-state index in [0.717, 1.165) is 83.5 Å². The van der Waals surface area contributed by atoms with Crippen molar-refractivity contribution in [2.24, 2.45) is 0 Å². The molecule has 0 aromatic carbocycles. The van der Waals surface area contributed by atoms with Crippen LogP contribution in [0, 0.1) is 0 Å². The van der Waals surface area contributed by atoms with E-state index in [0.29, 0.717) is 19.3 Å². The number of ether oxygens (including phenoxy) is 3. The molecule has 0 amide bonds. The van der Waals surface area contributed by atoms with Gasteiger partial charge in [-0.15, -0.1) is 0 Å². The number of rotatable bonds is 69. The molecule has 0 spiro atoms. The summed E-state index contributed by atoms with van der Waals surface area (Å²) in [6, 6.07) is 0. The number of carbonyl (C=O) groups is 3. The molecule has 83 heavy (non-hydrogen) atoms. The third-order valence-electron chi connectivity index (χ3n) is 16.8. The SMILES string of the molecule is CC/C=C\C/C=C\C/C=C\C/C=C\CCCCCCCCCCCCCCC(=O)OCC(COC(=O)CCCCCCCCCCCCCCCCC)OC(=O)CCCCCCCCCCCCCCCCCCCCCCCCCCC. The second-order valence-electron chi connectivity index (χ2n) is 25.2. The third-order valence-corrected chi connectivity index (χ3v) is 16.8. The van der Waals surface area contributed by atoms with E-state index >= 15 is 0 Å². The molecule has 0 aromatic rings. The van der Waals surface area contributed by atoms with Crippen molar-refractivity contribution in [3.05, 3.63) is 48.6 Å². The highest BCUT2D eigenvalue weighted by Gasteiger charge is 2.20. The predicted molar refractivity (Wildman–Crippen MR) is 362 cm³/mol. The smallest absolute Gasteiger partial charge is 0.306 e. The van der Waals surface area contributed by atoms with Crippen LogP contribution < -0.4 is 0 Å². The van der Waals surface area contributed by atoms with E-state index in [9.17, 15) is 14.4 Å². The van der Waals surface area contributed by atoms with Gasteiger partial charge in [-0.05, 0) is 57.8 Å². The van der Waals surface area contributed by atoms with Gasteiger partial charge in [0.2, 0.25) is 0 Å². The maximum absolute atomic E-state index is 13.0. The van der Waals surface area contributed by atoms with E-state index in [1.807, 2.05) is 0 Å². The lowest BCUT2D eigenvalue weighted by atomic mass is 10.0.